The Labute approximate surface area is 198 Å². The highest BCUT2D eigenvalue weighted by molar-refractivity contribution is 6.16. The third-order valence-electron chi connectivity index (χ3n) is 5.03. The number of aromatic hydroxyl groups is 1. The molecule has 0 radical (unpaired) electrons. The number of hydrogen-bond acceptors (Lipinski definition) is 8. The number of benzene rings is 3. The largest absolute Gasteiger partial charge is 0.505 e. The van der Waals surface area contributed by atoms with Gasteiger partial charge in [-0.05, 0) is 29.0 Å². The number of nitrogens with zero attached hydrogens (tertiary/aromatic N) is 8. The summed E-state index contributed by atoms with van der Waals surface area (Å²) in [6.45, 7) is 7.41. The summed E-state index contributed by atoms with van der Waals surface area (Å²) in [5, 5.41) is 27.5. The minimum Gasteiger partial charge on any atom is -0.505 e. The van der Waals surface area contributed by atoms with Crippen LogP contribution in [0.5, 0.6) is 5.75 Å². The Morgan fingerprint density at radius 2 is 1.77 bits per heavy atom. The molecule has 0 aliphatic rings. The predicted molar refractivity (Wildman–Crippen MR) is 127 cm³/mol. The van der Waals surface area contributed by atoms with Gasteiger partial charge in [0.1, 0.15) is 18.3 Å². The second-order valence-electron chi connectivity index (χ2n) is 7.18. The van der Waals surface area contributed by atoms with Gasteiger partial charge < -0.3 is 10.4 Å². The van der Waals surface area contributed by atoms with Gasteiger partial charge in [-0.3, -0.25) is 4.79 Å². The number of para-hydroxylation sites is 1. The Morgan fingerprint density at radius 3 is 2.54 bits per heavy atom. The summed E-state index contributed by atoms with van der Waals surface area (Å²) in [7, 11) is 0. The van der Waals surface area contributed by atoms with E-state index >= 15 is 0 Å². The molecule has 1 amide bonds. The number of anilines is 1. The van der Waals surface area contributed by atoms with Crippen LogP contribution in [0, 0.1) is 6.57 Å². The first-order chi connectivity index (χ1) is 17.2. The van der Waals surface area contributed by atoms with Crippen LogP contribution in [0.2, 0.25) is 0 Å². The SMILES string of the molecule is [C-]#[N+]c1cnn(-c2ncncn2)c1/N=N/c1cc2ccccc2c(C(=O)Nc2ccccc2)c1O. The topological polar surface area (TPSA) is 135 Å². The van der Waals surface area contributed by atoms with Crippen LogP contribution in [0.15, 0.2) is 89.7 Å². The fourth-order valence-electron chi connectivity index (χ4n) is 3.44. The number of carbonyl (C=O) groups excluding carboxylic acids is 1. The minimum atomic E-state index is -0.501. The van der Waals surface area contributed by atoms with Crippen molar-refractivity contribution in [3.63, 3.8) is 0 Å². The van der Waals surface area contributed by atoms with Gasteiger partial charge in [0.25, 0.3) is 17.5 Å². The first-order valence-electron chi connectivity index (χ1n) is 10.3. The highest BCUT2D eigenvalue weighted by Gasteiger charge is 2.20. The van der Waals surface area contributed by atoms with Crippen LogP contribution < -0.4 is 5.32 Å². The summed E-state index contributed by atoms with van der Waals surface area (Å²) in [5.41, 5.74) is 0.783. The van der Waals surface area contributed by atoms with Gasteiger partial charge in [0, 0.05) is 5.69 Å². The van der Waals surface area contributed by atoms with Crippen molar-refractivity contribution in [2.45, 2.75) is 0 Å². The first-order valence-corrected chi connectivity index (χ1v) is 10.3. The Morgan fingerprint density at radius 1 is 1.03 bits per heavy atom. The van der Waals surface area contributed by atoms with E-state index in [0.717, 1.165) is 0 Å². The van der Waals surface area contributed by atoms with Crippen LogP contribution in [-0.2, 0) is 0 Å². The van der Waals surface area contributed by atoms with Crippen molar-refractivity contribution in [3.8, 4) is 11.7 Å². The molecule has 2 aromatic heterocycles. The highest BCUT2D eigenvalue weighted by atomic mass is 16.3. The molecule has 3 aromatic carbocycles. The molecule has 11 nitrogen and oxygen atoms in total. The average molecular weight is 461 g/mol. The van der Waals surface area contributed by atoms with Crippen LogP contribution in [-0.4, -0.2) is 35.7 Å². The Hall–Kier alpha value is -5.50. The first kappa shape index (κ1) is 21.4. The van der Waals surface area contributed by atoms with E-state index in [-0.39, 0.29) is 34.5 Å². The normalized spacial score (nSPS) is 10.9. The van der Waals surface area contributed by atoms with Gasteiger partial charge in [-0.15, -0.1) is 10.2 Å². The number of carbonyl (C=O) groups is 1. The number of phenols is 1. The summed E-state index contributed by atoms with van der Waals surface area (Å²) in [5.74, 6) is -0.640. The summed E-state index contributed by atoms with van der Waals surface area (Å²) >= 11 is 0. The molecule has 11 heteroatoms. The maximum absolute atomic E-state index is 13.2. The summed E-state index contributed by atoms with van der Waals surface area (Å²) in [6.07, 6.45) is 3.88. The molecule has 0 atom stereocenters. The van der Waals surface area contributed by atoms with E-state index in [1.165, 1.54) is 23.5 Å². The van der Waals surface area contributed by atoms with Crippen molar-refractivity contribution in [1.82, 2.24) is 24.7 Å². The van der Waals surface area contributed by atoms with E-state index in [1.807, 2.05) is 12.1 Å². The van der Waals surface area contributed by atoms with E-state index in [0.29, 0.717) is 16.5 Å². The number of phenolic OH excluding ortho intramolecular Hbond substituents is 1. The van der Waals surface area contributed by atoms with Gasteiger partial charge in [-0.2, -0.15) is 19.7 Å². The van der Waals surface area contributed by atoms with Gasteiger partial charge in [-0.1, -0.05) is 42.5 Å². The van der Waals surface area contributed by atoms with E-state index in [2.05, 4.69) is 40.4 Å². The molecule has 0 saturated heterocycles. The number of nitrogens with one attached hydrogen (secondary N) is 1. The molecule has 0 aliphatic carbocycles. The second-order valence-corrected chi connectivity index (χ2v) is 7.18. The third kappa shape index (κ3) is 4.14. The standard InChI is InChI=1S/C24H15N9O2/c1-25-19-12-29-33(24-27-13-26-14-28-24)22(19)32-31-18-11-15-7-5-6-10-17(15)20(21(18)34)23(35)30-16-8-3-2-4-9-16/h2-14,34H,(H,30,35)/b32-31+. The molecule has 168 valence electrons. The number of rotatable bonds is 5. The van der Waals surface area contributed by atoms with Crippen molar-refractivity contribution < 1.29 is 9.90 Å². The summed E-state index contributed by atoms with van der Waals surface area (Å²) in [6, 6.07) is 17.6. The quantitative estimate of drug-likeness (QED) is 0.275. The van der Waals surface area contributed by atoms with Gasteiger partial charge >= 0.3 is 0 Å². The number of aromatic nitrogens is 5. The monoisotopic (exact) mass is 461 g/mol. The molecule has 0 fully saturated rings. The molecule has 2 N–H and O–H groups in total. The van der Waals surface area contributed by atoms with Crippen molar-refractivity contribution in [2.24, 2.45) is 10.2 Å². The molecule has 5 aromatic rings. The van der Waals surface area contributed by atoms with Gasteiger partial charge in [0.15, 0.2) is 11.6 Å². The zero-order chi connectivity index (χ0) is 24.2. The maximum Gasteiger partial charge on any atom is 0.260 e. The smallest absolute Gasteiger partial charge is 0.260 e. The van der Waals surface area contributed by atoms with Gasteiger partial charge in [0.05, 0.1) is 18.3 Å². The number of amides is 1. The Bertz CT molecular complexity index is 1610. The molecule has 2 heterocycles. The molecular formula is C24H15N9O2. The second kappa shape index (κ2) is 9.16. The van der Waals surface area contributed by atoms with Crippen LogP contribution in [0.1, 0.15) is 10.4 Å². The fourth-order valence-corrected chi connectivity index (χ4v) is 3.44. The number of azo groups is 1. The average Bonchev–Trinajstić information content (AvgIpc) is 3.31. The van der Waals surface area contributed by atoms with Crippen LogP contribution in [0.4, 0.5) is 22.9 Å². The molecule has 0 aliphatic heterocycles. The van der Waals surface area contributed by atoms with E-state index in [9.17, 15) is 9.90 Å². The molecule has 35 heavy (non-hydrogen) atoms. The third-order valence-corrected chi connectivity index (χ3v) is 5.03. The lowest BCUT2D eigenvalue weighted by molar-refractivity contribution is 0.102. The lowest BCUT2D eigenvalue weighted by atomic mass is 10.0. The lowest BCUT2D eigenvalue weighted by Gasteiger charge is -2.12. The number of fused-ring (bicyclic) bond motifs is 1. The predicted octanol–water partition coefficient (Wildman–Crippen LogP) is 5.13. The highest BCUT2D eigenvalue weighted by Crippen LogP contribution is 2.39. The minimum absolute atomic E-state index is 0.0428. The zero-order valence-electron chi connectivity index (χ0n) is 17.9. The van der Waals surface area contributed by atoms with Crippen molar-refractivity contribution in [1.29, 1.82) is 0 Å². The van der Waals surface area contributed by atoms with E-state index in [1.54, 1.807) is 48.5 Å². The van der Waals surface area contributed by atoms with Crippen LogP contribution >= 0.6 is 0 Å². The lowest BCUT2D eigenvalue weighted by Crippen LogP contribution is -2.12. The fraction of sp³-hybridized carbons (Fsp3) is 0. The van der Waals surface area contributed by atoms with Crippen molar-refractivity contribution >= 4 is 39.6 Å². The van der Waals surface area contributed by atoms with E-state index in [4.69, 9.17) is 6.57 Å². The van der Waals surface area contributed by atoms with Gasteiger partial charge in [-0.25, -0.2) is 9.83 Å². The van der Waals surface area contributed by atoms with Crippen molar-refractivity contribution in [3.05, 3.63) is 96.5 Å². The van der Waals surface area contributed by atoms with Crippen LogP contribution in [0.25, 0.3) is 21.6 Å². The molecule has 0 saturated carbocycles. The summed E-state index contributed by atoms with van der Waals surface area (Å²) < 4.78 is 1.24. The molecule has 0 bridgehead atoms. The molecule has 5 rings (SSSR count). The zero-order valence-corrected chi connectivity index (χ0v) is 17.9. The van der Waals surface area contributed by atoms with E-state index < -0.39 is 5.91 Å². The number of hydrogen-bond donors (Lipinski definition) is 2. The van der Waals surface area contributed by atoms with Gasteiger partial charge in [0.2, 0.25) is 0 Å². The van der Waals surface area contributed by atoms with Crippen LogP contribution in [0.3, 0.4) is 0 Å². The van der Waals surface area contributed by atoms with Crippen molar-refractivity contribution in [2.75, 3.05) is 5.32 Å². The molecular weight excluding hydrogens is 446 g/mol. The molecule has 0 unspecified atom stereocenters. The molecule has 0 spiro atoms. The summed E-state index contributed by atoms with van der Waals surface area (Å²) in [4.78, 5) is 28.4. The Kier molecular flexibility index (Phi) is 5.59. The maximum atomic E-state index is 13.2. The Balaban J connectivity index is 1.60.